The molecule has 0 amide bonds. The zero-order valence-electron chi connectivity index (χ0n) is 11.0. The fraction of sp³-hybridized carbons (Fsp3) is 0.571. The van der Waals surface area contributed by atoms with Gasteiger partial charge in [0.25, 0.3) is 0 Å². The van der Waals surface area contributed by atoms with Crippen LogP contribution in [0.25, 0.3) is 0 Å². The normalized spacial score (nSPS) is 14.6. The van der Waals surface area contributed by atoms with Gasteiger partial charge in [-0.1, -0.05) is 19.9 Å². The SMILES string of the molecule is COc1cc(C)cc(C)c1C(C)C(C)CN. The van der Waals surface area contributed by atoms with Crippen molar-refractivity contribution in [2.24, 2.45) is 11.7 Å². The largest absolute Gasteiger partial charge is 0.496 e. The molecule has 2 unspecified atom stereocenters. The topological polar surface area (TPSA) is 35.2 Å². The number of hydrogen-bond acceptors (Lipinski definition) is 2. The minimum absolute atomic E-state index is 0.431. The zero-order valence-corrected chi connectivity index (χ0v) is 11.0. The number of aryl methyl sites for hydroxylation is 2. The first-order valence-electron chi connectivity index (χ1n) is 5.86. The third-order valence-electron chi connectivity index (χ3n) is 3.39. The Morgan fingerprint density at radius 1 is 1.25 bits per heavy atom. The molecule has 0 aliphatic carbocycles. The number of rotatable bonds is 4. The Kier molecular flexibility index (Phi) is 4.36. The Morgan fingerprint density at radius 3 is 2.38 bits per heavy atom. The van der Waals surface area contributed by atoms with Gasteiger partial charge in [0, 0.05) is 5.56 Å². The van der Waals surface area contributed by atoms with Crippen molar-refractivity contribution in [3.8, 4) is 5.75 Å². The van der Waals surface area contributed by atoms with E-state index in [9.17, 15) is 0 Å². The van der Waals surface area contributed by atoms with E-state index in [1.807, 2.05) is 0 Å². The summed E-state index contributed by atoms with van der Waals surface area (Å²) in [6.45, 7) is 9.35. The summed E-state index contributed by atoms with van der Waals surface area (Å²) < 4.78 is 5.48. The average Bonchev–Trinajstić information content (AvgIpc) is 2.26. The molecule has 0 saturated heterocycles. The molecule has 0 bridgehead atoms. The van der Waals surface area contributed by atoms with Crippen LogP contribution in [0.2, 0.25) is 0 Å². The molecule has 2 heteroatoms. The lowest BCUT2D eigenvalue weighted by atomic mass is 9.85. The third-order valence-corrected chi connectivity index (χ3v) is 3.39. The molecule has 2 nitrogen and oxygen atoms in total. The van der Waals surface area contributed by atoms with E-state index in [1.165, 1.54) is 16.7 Å². The van der Waals surface area contributed by atoms with E-state index in [-0.39, 0.29) is 0 Å². The Bertz CT molecular complexity index is 360. The van der Waals surface area contributed by atoms with Crippen LogP contribution in [0.1, 0.15) is 36.5 Å². The van der Waals surface area contributed by atoms with Gasteiger partial charge in [-0.25, -0.2) is 0 Å². The van der Waals surface area contributed by atoms with E-state index in [1.54, 1.807) is 7.11 Å². The van der Waals surface area contributed by atoms with Crippen molar-refractivity contribution < 1.29 is 4.74 Å². The highest BCUT2D eigenvalue weighted by molar-refractivity contribution is 5.45. The summed E-state index contributed by atoms with van der Waals surface area (Å²) in [6, 6.07) is 4.31. The Hall–Kier alpha value is -1.02. The molecule has 0 aliphatic rings. The fourth-order valence-electron chi connectivity index (χ4n) is 2.18. The zero-order chi connectivity index (χ0) is 12.3. The van der Waals surface area contributed by atoms with Crippen molar-refractivity contribution in [3.63, 3.8) is 0 Å². The van der Waals surface area contributed by atoms with Crippen LogP contribution >= 0.6 is 0 Å². The first kappa shape index (κ1) is 13.0. The summed E-state index contributed by atoms with van der Waals surface area (Å²) in [6.07, 6.45) is 0. The first-order valence-corrected chi connectivity index (χ1v) is 5.86. The Labute approximate surface area is 98.8 Å². The van der Waals surface area contributed by atoms with Gasteiger partial charge in [-0.05, 0) is 49.4 Å². The van der Waals surface area contributed by atoms with Gasteiger partial charge in [-0.15, -0.1) is 0 Å². The van der Waals surface area contributed by atoms with Crippen molar-refractivity contribution >= 4 is 0 Å². The quantitative estimate of drug-likeness (QED) is 0.848. The minimum atomic E-state index is 0.431. The molecule has 1 aromatic carbocycles. The molecule has 0 spiro atoms. The van der Waals surface area contributed by atoms with Crippen LogP contribution in [0.15, 0.2) is 12.1 Å². The number of ether oxygens (including phenoxy) is 1. The van der Waals surface area contributed by atoms with Crippen molar-refractivity contribution in [1.82, 2.24) is 0 Å². The van der Waals surface area contributed by atoms with Crippen LogP contribution in [0.3, 0.4) is 0 Å². The third kappa shape index (κ3) is 2.56. The van der Waals surface area contributed by atoms with Gasteiger partial charge in [0.05, 0.1) is 7.11 Å². The second-order valence-electron chi connectivity index (χ2n) is 4.70. The molecule has 2 N–H and O–H groups in total. The molecule has 1 rings (SSSR count). The first-order chi connectivity index (χ1) is 7.51. The Balaban J connectivity index is 3.20. The molecule has 1 aromatic rings. The highest BCUT2D eigenvalue weighted by Crippen LogP contribution is 2.34. The van der Waals surface area contributed by atoms with Gasteiger partial charge < -0.3 is 10.5 Å². The standard InChI is InChI=1S/C14H23NO/c1-9-6-10(2)14(13(7-9)16-5)12(4)11(3)8-15/h6-7,11-12H,8,15H2,1-5H3. The van der Waals surface area contributed by atoms with E-state index in [0.29, 0.717) is 18.4 Å². The highest BCUT2D eigenvalue weighted by atomic mass is 16.5. The molecule has 0 heterocycles. The second-order valence-corrected chi connectivity index (χ2v) is 4.70. The lowest BCUT2D eigenvalue weighted by Crippen LogP contribution is -2.18. The van der Waals surface area contributed by atoms with Gasteiger partial charge >= 0.3 is 0 Å². The maximum atomic E-state index is 5.74. The summed E-state index contributed by atoms with van der Waals surface area (Å²) in [5.74, 6) is 1.89. The van der Waals surface area contributed by atoms with Gasteiger partial charge in [0.2, 0.25) is 0 Å². The van der Waals surface area contributed by atoms with Crippen LogP contribution in [-0.4, -0.2) is 13.7 Å². The summed E-state index contributed by atoms with van der Waals surface area (Å²) in [5, 5.41) is 0. The molecule has 0 aromatic heterocycles. The van der Waals surface area contributed by atoms with E-state index >= 15 is 0 Å². The maximum absolute atomic E-state index is 5.74. The van der Waals surface area contributed by atoms with Gasteiger partial charge in [0.15, 0.2) is 0 Å². The van der Waals surface area contributed by atoms with Crippen molar-refractivity contribution in [1.29, 1.82) is 0 Å². The molecule has 16 heavy (non-hydrogen) atoms. The molecule has 0 saturated carbocycles. The number of nitrogens with two attached hydrogens (primary N) is 1. The molecular weight excluding hydrogens is 198 g/mol. The van der Waals surface area contributed by atoms with Gasteiger partial charge in [-0.2, -0.15) is 0 Å². The maximum Gasteiger partial charge on any atom is 0.122 e. The summed E-state index contributed by atoms with van der Waals surface area (Å²) in [4.78, 5) is 0. The highest BCUT2D eigenvalue weighted by Gasteiger charge is 2.19. The fourth-order valence-corrected chi connectivity index (χ4v) is 2.18. The van der Waals surface area contributed by atoms with Gasteiger partial charge in [0.1, 0.15) is 5.75 Å². The van der Waals surface area contributed by atoms with Crippen LogP contribution in [0.4, 0.5) is 0 Å². The minimum Gasteiger partial charge on any atom is -0.496 e. The van der Waals surface area contributed by atoms with Crippen molar-refractivity contribution in [2.75, 3.05) is 13.7 Å². The molecule has 2 atom stereocenters. The molecular formula is C14H23NO. The number of hydrogen-bond donors (Lipinski definition) is 1. The summed E-state index contributed by atoms with van der Waals surface area (Å²) in [7, 11) is 1.73. The predicted octanol–water partition coefficient (Wildman–Crippen LogP) is 3.01. The number of methoxy groups -OCH3 is 1. The molecule has 0 aliphatic heterocycles. The van der Waals surface area contributed by atoms with E-state index < -0.39 is 0 Å². The average molecular weight is 221 g/mol. The summed E-state index contributed by atoms with van der Waals surface area (Å²) in [5.41, 5.74) is 9.58. The van der Waals surface area contributed by atoms with Crippen LogP contribution in [0.5, 0.6) is 5.75 Å². The van der Waals surface area contributed by atoms with Crippen molar-refractivity contribution in [3.05, 3.63) is 28.8 Å². The second kappa shape index (κ2) is 5.35. The van der Waals surface area contributed by atoms with E-state index in [4.69, 9.17) is 10.5 Å². The van der Waals surface area contributed by atoms with Crippen LogP contribution in [0, 0.1) is 19.8 Å². The smallest absolute Gasteiger partial charge is 0.122 e. The number of benzene rings is 1. The lowest BCUT2D eigenvalue weighted by Gasteiger charge is -2.23. The molecule has 0 radical (unpaired) electrons. The summed E-state index contributed by atoms with van der Waals surface area (Å²) >= 11 is 0. The monoisotopic (exact) mass is 221 g/mol. The van der Waals surface area contributed by atoms with Gasteiger partial charge in [-0.3, -0.25) is 0 Å². The van der Waals surface area contributed by atoms with Crippen LogP contribution in [-0.2, 0) is 0 Å². The Morgan fingerprint density at radius 2 is 1.88 bits per heavy atom. The van der Waals surface area contributed by atoms with E-state index in [0.717, 1.165) is 5.75 Å². The lowest BCUT2D eigenvalue weighted by molar-refractivity contribution is 0.395. The van der Waals surface area contributed by atoms with E-state index in [2.05, 4.69) is 39.8 Å². The van der Waals surface area contributed by atoms with Crippen molar-refractivity contribution in [2.45, 2.75) is 33.6 Å². The predicted molar refractivity (Wildman–Crippen MR) is 69.1 cm³/mol. The molecule has 90 valence electrons. The molecule has 0 fully saturated rings. The van der Waals surface area contributed by atoms with Crippen LogP contribution < -0.4 is 10.5 Å².